The topological polar surface area (TPSA) is 50.4 Å². The highest BCUT2D eigenvalue weighted by Crippen LogP contribution is 2.28. The van der Waals surface area contributed by atoms with Crippen LogP contribution < -0.4 is 15.4 Å². The summed E-state index contributed by atoms with van der Waals surface area (Å²) in [4.78, 5) is 12.3. The zero-order valence-corrected chi connectivity index (χ0v) is 17.0. The standard InChI is InChI=1S/C24H28N2O2/c1-17-9-12-19(13-10-17)26-23(27)16-28-22-14-11-18-7-5-6-8-20(18)21(22)15-25-24(2,3)4/h5-14,25H,15-16H2,1-4H3,(H,26,27). The number of aryl methyl sites for hydroxylation is 1. The molecular formula is C24H28N2O2. The van der Waals surface area contributed by atoms with Crippen molar-refractivity contribution in [2.24, 2.45) is 0 Å². The number of fused-ring (bicyclic) bond motifs is 1. The maximum Gasteiger partial charge on any atom is 0.262 e. The maximum atomic E-state index is 12.3. The summed E-state index contributed by atoms with van der Waals surface area (Å²) in [5.74, 6) is 0.557. The molecule has 1 amide bonds. The normalized spacial score (nSPS) is 11.4. The summed E-state index contributed by atoms with van der Waals surface area (Å²) >= 11 is 0. The lowest BCUT2D eigenvalue weighted by Crippen LogP contribution is -2.35. The molecule has 0 heterocycles. The number of hydrogen-bond acceptors (Lipinski definition) is 3. The third kappa shape index (κ3) is 5.33. The van der Waals surface area contributed by atoms with Crippen molar-refractivity contribution < 1.29 is 9.53 Å². The summed E-state index contributed by atoms with van der Waals surface area (Å²) in [5.41, 5.74) is 2.97. The number of rotatable bonds is 6. The average molecular weight is 377 g/mol. The summed E-state index contributed by atoms with van der Waals surface area (Å²) in [6, 6.07) is 19.9. The number of benzene rings is 3. The van der Waals surface area contributed by atoms with Gasteiger partial charge in [0.25, 0.3) is 5.91 Å². The molecule has 3 aromatic carbocycles. The summed E-state index contributed by atoms with van der Waals surface area (Å²) in [6.07, 6.45) is 0. The first-order valence-corrected chi connectivity index (χ1v) is 9.57. The average Bonchev–Trinajstić information content (AvgIpc) is 2.66. The molecule has 3 aromatic rings. The molecule has 28 heavy (non-hydrogen) atoms. The van der Waals surface area contributed by atoms with Crippen molar-refractivity contribution in [1.29, 1.82) is 0 Å². The quantitative estimate of drug-likeness (QED) is 0.633. The Labute approximate surface area is 166 Å². The molecule has 3 rings (SSSR count). The van der Waals surface area contributed by atoms with Gasteiger partial charge in [0.15, 0.2) is 6.61 Å². The molecule has 0 bridgehead atoms. The zero-order chi connectivity index (χ0) is 20.1. The molecule has 0 aliphatic rings. The van der Waals surface area contributed by atoms with Crippen LogP contribution in [-0.2, 0) is 11.3 Å². The second kappa shape index (κ2) is 8.44. The molecular weight excluding hydrogens is 348 g/mol. The van der Waals surface area contributed by atoms with E-state index >= 15 is 0 Å². The van der Waals surface area contributed by atoms with E-state index < -0.39 is 0 Å². The number of anilines is 1. The van der Waals surface area contributed by atoms with Gasteiger partial charge in [0.2, 0.25) is 0 Å². The monoisotopic (exact) mass is 376 g/mol. The molecule has 0 radical (unpaired) electrons. The minimum atomic E-state index is -0.174. The Balaban J connectivity index is 1.75. The lowest BCUT2D eigenvalue weighted by Gasteiger charge is -2.22. The van der Waals surface area contributed by atoms with Gasteiger partial charge in [-0.3, -0.25) is 4.79 Å². The van der Waals surface area contributed by atoms with Crippen molar-refractivity contribution in [2.75, 3.05) is 11.9 Å². The number of amides is 1. The third-order valence-electron chi connectivity index (χ3n) is 4.49. The summed E-state index contributed by atoms with van der Waals surface area (Å²) in [7, 11) is 0. The SMILES string of the molecule is Cc1ccc(NC(=O)COc2ccc3ccccc3c2CNC(C)(C)C)cc1. The first-order valence-electron chi connectivity index (χ1n) is 9.57. The molecule has 0 spiro atoms. The number of nitrogens with one attached hydrogen (secondary N) is 2. The van der Waals surface area contributed by atoms with E-state index in [-0.39, 0.29) is 18.1 Å². The Morgan fingerprint density at radius 2 is 1.68 bits per heavy atom. The van der Waals surface area contributed by atoms with Crippen molar-refractivity contribution in [2.45, 2.75) is 39.8 Å². The van der Waals surface area contributed by atoms with Gasteiger partial charge in [-0.1, -0.05) is 48.0 Å². The highest BCUT2D eigenvalue weighted by molar-refractivity contribution is 5.92. The molecule has 146 valence electrons. The zero-order valence-electron chi connectivity index (χ0n) is 17.0. The predicted octanol–water partition coefficient (Wildman–Crippen LogP) is 5.05. The third-order valence-corrected chi connectivity index (χ3v) is 4.49. The molecule has 0 saturated heterocycles. The van der Waals surface area contributed by atoms with E-state index in [0.717, 1.165) is 33.3 Å². The molecule has 0 aromatic heterocycles. The van der Waals surface area contributed by atoms with E-state index in [1.54, 1.807) is 0 Å². The summed E-state index contributed by atoms with van der Waals surface area (Å²) in [5, 5.41) is 8.69. The predicted molar refractivity (Wildman–Crippen MR) is 116 cm³/mol. The van der Waals surface area contributed by atoms with Gasteiger partial charge in [0, 0.05) is 23.3 Å². The molecule has 0 fully saturated rings. The van der Waals surface area contributed by atoms with Gasteiger partial charge in [-0.25, -0.2) is 0 Å². The highest BCUT2D eigenvalue weighted by atomic mass is 16.5. The minimum absolute atomic E-state index is 0.0168. The fourth-order valence-electron chi connectivity index (χ4n) is 2.96. The van der Waals surface area contributed by atoms with E-state index in [9.17, 15) is 4.79 Å². The molecule has 0 aliphatic carbocycles. The lowest BCUT2D eigenvalue weighted by molar-refractivity contribution is -0.118. The Morgan fingerprint density at radius 3 is 2.39 bits per heavy atom. The smallest absolute Gasteiger partial charge is 0.262 e. The Morgan fingerprint density at radius 1 is 0.964 bits per heavy atom. The van der Waals surface area contributed by atoms with E-state index in [2.05, 4.69) is 43.5 Å². The van der Waals surface area contributed by atoms with Crippen LogP contribution in [0.1, 0.15) is 31.9 Å². The van der Waals surface area contributed by atoms with Gasteiger partial charge in [0.1, 0.15) is 5.75 Å². The number of hydrogen-bond donors (Lipinski definition) is 2. The summed E-state index contributed by atoms with van der Waals surface area (Å²) < 4.78 is 5.92. The molecule has 4 heteroatoms. The number of carbonyl (C=O) groups is 1. The maximum absolute atomic E-state index is 12.3. The second-order valence-electron chi connectivity index (χ2n) is 8.07. The fraction of sp³-hybridized carbons (Fsp3) is 0.292. The number of ether oxygens (including phenoxy) is 1. The van der Waals surface area contributed by atoms with Crippen molar-refractivity contribution >= 4 is 22.4 Å². The van der Waals surface area contributed by atoms with Gasteiger partial charge in [-0.2, -0.15) is 0 Å². The van der Waals surface area contributed by atoms with Crippen LogP contribution >= 0.6 is 0 Å². The molecule has 4 nitrogen and oxygen atoms in total. The molecule has 2 N–H and O–H groups in total. The first-order chi connectivity index (χ1) is 13.3. The first kappa shape index (κ1) is 19.9. The van der Waals surface area contributed by atoms with E-state index in [1.165, 1.54) is 0 Å². The van der Waals surface area contributed by atoms with Crippen LogP contribution in [0.5, 0.6) is 5.75 Å². The van der Waals surface area contributed by atoms with E-state index in [1.807, 2.05) is 55.5 Å². The molecule has 0 unspecified atom stereocenters. The van der Waals surface area contributed by atoms with E-state index in [0.29, 0.717) is 6.54 Å². The van der Waals surface area contributed by atoms with Gasteiger partial charge in [0.05, 0.1) is 0 Å². The van der Waals surface area contributed by atoms with Crippen LogP contribution in [0.15, 0.2) is 60.7 Å². The molecule has 0 aliphatic heterocycles. The minimum Gasteiger partial charge on any atom is -0.483 e. The molecule has 0 saturated carbocycles. The lowest BCUT2D eigenvalue weighted by atomic mass is 10.0. The van der Waals surface area contributed by atoms with Crippen molar-refractivity contribution in [3.05, 3.63) is 71.8 Å². The van der Waals surface area contributed by atoms with Gasteiger partial charge in [-0.05, 0) is 56.7 Å². The van der Waals surface area contributed by atoms with Crippen LogP contribution in [0.25, 0.3) is 10.8 Å². The van der Waals surface area contributed by atoms with Crippen LogP contribution in [0.3, 0.4) is 0 Å². The second-order valence-corrected chi connectivity index (χ2v) is 8.07. The largest absolute Gasteiger partial charge is 0.483 e. The van der Waals surface area contributed by atoms with Crippen LogP contribution in [-0.4, -0.2) is 18.1 Å². The summed E-state index contributed by atoms with van der Waals surface area (Å²) in [6.45, 7) is 9.05. The van der Waals surface area contributed by atoms with Crippen LogP contribution in [0.4, 0.5) is 5.69 Å². The Kier molecular flexibility index (Phi) is 6.00. The molecule has 0 atom stereocenters. The van der Waals surface area contributed by atoms with Crippen molar-refractivity contribution in [1.82, 2.24) is 5.32 Å². The van der Waals surface area contributed by atoms with Crippen LogP contribution in [0, 0.1) is 6.92 Å². The fourth-order valence-corrected chi connectivity index (χ4v) is 2.96. The van der Waals surface area contributed by atoms with Gasteiger partial charge < -0.3 is 15.4 Å². The Hall–Kier alpha value is -2.85. The van der Waals surface area contributed by atoms with Gasteiger partial charge in [-0.15, -0.1) is 0 Å². The van der Waals surface area contributed by atoms with Crippen LogP contribution in [0.2, 0.25) is 0 Å². The van der Waals surface area contributed by atoms with Crippen molar-refractivity contribution in [3.8, 4) is 5.75 Å². The van der Waals surface area contributed by atoms with E-state index in [4.69, 9.17) is 4.74 Å². The number of carbonyl (C=O) groups excluding carboxylic acids is 1. The van der Waals surface area contributed by atoms with Crippen molar-refractivity contribution in [3.63, 3.8) is 0 Å². The van der Waals surface area contributed by atoms with Gasteiger partial charge >= 0.3 is 0 Å². The highest BCUT2D eigenvalue weighted by Gasteiger charge is 2.14. The Bertz CT molecular complexity index is 956.